The maximum absolute atomic E-state index is 12.6. The Morgan fingerprint density at radius 2 is 1.85 bits per heavy atom. The van der Waals surface area contributed by atoms with Gasteiger partial charge < -0.3 is 9.30 Å². The molecule has 0 amide bonds. The van der Waals surface area contributed by atoms with E-state index in [4.69, 9.17) is 4.74 Å². The van der Waals surface area contributed by atoms with E-state index in [0.717, 1.165) is 38.5 Å². The van der Waals surface area contributed by atoms with E-state index in [2.05, 4.69) is 20.9 Å². The van der Waals surface area contributed by atoms with Crippen molar-refractivity contribution in [3.63, 3.8) is 0 Å². The van der Waals surface area contributed by atoms with Crippen molar-refractivity contribution in [1.29, 1.82) is 0 Å². The molecular formula is C18H27BrN4O4. The van der Waals surface area contributed by atoms with Crippen LogP contribution in [-0.2, 0) is 30.2 Å². The van der Waals surface area contributed by atoms with Crippen LogP contribution in [0.3, 0.4) is 0 Å². The predicted molar refractivity (Wildman–Crippen MR) is 107 cm³/mol. The van der Waals surface area contributed by atoms with E-state index in [0.29, 0.717) is 23.0 Å². The lowest BCUT2D eigenvalue weighted by molar-refractivity contribution is -0.145. The highest BCUT2D eigenvalue weighted by atomic mass is 79.9. The average molecular weight is 443 g/mol. The summed E-state index contributed by atoms with van der Waals surface area (Å²) in [4.78, 5) is 40.1. The third-order valence-electron chi connectivity index (χ3n) is 4.61. The average Bonchev–Trinajstić information content (AvgIpc) is 3.02. The molecule has 0 radical (unpaired) electrons. The summed E-state index contributed by atoms with van der Waals surface area (Å²) in [6, 6.07) is 0. The van der Waals surface area contributed by atoms with Gasteiger partial charge in [-0.25, -0.2) is 9.78 Å². The minimum Gasteiger partial charge on any atom is -0.462 e. The van der Waals surface area contributed by atoms with Crippen LogP contribution in [0.15, 0.2) is 15.9 Å². The first-order valence-corrected chi connectivity index (χ1v) is 10.3. The first-order chi connectivity index (χ1) is 12.9. The molecule has 0 saturated carbocycles. The van der Waals surface area contributed by atoms with Gasteiger partial charge in [-0.2, -0.15) is 0 Å². The van der Waals surface area contributed by atoms with Gasteiger partial charge in [0.05, 0.1) is 6.33 Å². The van der Waals surface area contributed by atoms with E-state index >= 15 is 0 Å². The molecule has 0 aliphatic heterocycles. The third-order valence-corrected chi connectivity index (χ3v) is 5.34. The van der Waals surface area contributed by atoms with E-state index in [9.17, 15) is 14.4 Å². The Morgan fingerprint density at radius 1 is 1.19 bits per heavy atom. The second-order valence-electron chi connectivity index (χ2n) is 6.77. The molecule has 0 aliphatic rings. The van der Waals surface area contributed by atoms with E-state index in [1.165, 1.54) is 16.1 Å². The van der Waals surface area contributed by atoms with Gasteiger partial charge in [0, 0.05) is 32.9 Å². The molecule has 2 rings (SSSR count). The molecule has 8 nitrogen and oxygen atoms in total. The number of carbonyl (C=O) groups is 1. The van der Waals surface area contributed by atoms with Gasteiger partial charge >= 0.3 is 11.7 Å². The largest absolute Gasteiger partial charge is 0.462 e. The molecule has 2 aromatic heterocycles. The Bertz CT molecular complexity index is 899. The van der Waals surface area contributed by atoms with Crippen molar-refractivity contribution < 1.29 is 9.53 Å². The second kappa shape index (κ2) is 9.87. The normalized spacial score (nSPS) is 12.4. The van der Waals surface area contributed by atoms with Gasteiger partial charge in [0.1, 0.15) is 6.10 Å². The van der Waals surface area contributed by atoms with Crippen LogP contribution in [0.25, 0.3) is 11.2 Å². The number of fused-ring (bicyclic) bond motifs is 1. The highest BCUT2D eigenvalue weighted by Crippen LogP contribution is 2.12. The highest BCUT2D eigenvalue weighted by molar-refractivity contribution is 9.09. The van der Waals surface area contributed by atoms with Crippen LogP contribution >= 0.6 is 15.9 Å². The number of alkyl halides is 1. The minimum atomic E-state index is -0.326. The number of unbranched alkanes of at least 4 members (excludes halogenated alkanes) is 4. The Kier molecular flexibility index (Phi) is 7.82. The van der Waals surface area contributed by atoms with Crippen molar-refractivity contribution >= 4 is 33.1 Å². The number of esters is 1. The summed E-state index contributed by atoms with van der Waals surface area (Å²) in [5.74, 6) is -0.253. The predicted octanol–water partition coefficient (Wildman–Crippen LogP) is 2.10. The number of ether oxygens (including phenoxy) is 1. The lowest BCUT2D eigenvalue weighted by Crippen LogP contribution is -2.39. The van der Waals surface area contributed by atoms with Gasteiger partial charge in [-0.1, -0.05) is 35.2 Å². The molecule has 2 heterocycles. The molecule has 0 N–H and O–H groups in total. The van der Waals surface area contributed by atoms with Crippen LogP contribution in [0.2, 0.25) is 0 Å². The standard InChI is InChI=1S/C18H27BrN4O4/c1-13(24)27-14(11-19)9-7-5-4-6-8-10-23-17(25)15-16(20-12-21(15)2)22(3)18(23)26/h12,14H,4-11H2,1-3H3. The van der Waals surface area contributed by atoms with Gasteiger partial charge in [0.15, 0.2) is 11.2 Å². The zero-order valence-corrected chi connectivity index (χ0v) is 17.7. The number of halogens is 1. The van der Waals surface area contributed by atoms with Gasteiger partial charge in [0.25, 0.3) is 5.56 Å². The molecule has 1 atom stereocenters. The maximum Gasteiger partial charge on any atom is 0.332 e. The number of carbonyl (C=O) groups excluding carboxylic acids is 1. The number of hydrogen-bond donors (Lipinski definition) is 0. The van der Waals surface area contributed by atoms with Gasteiger partial charge in [0.2, 0.25) is 0 Å². The molecule has 0 saturated heterocycles. The first-order valence-electron chi connectivity index (χ1n) is 9.20. The monoisotopic (exact) mass is 442 g/mol. The topological polar surface area (TPSA) is 88.1 Å². The van der Waals surface area contributed by atoms with Crippen LogP contribution in [0.5, 0.6) is 0 Å². The fraction of sp³-hybridized carbons (Fsp3) is 0.667. The summed E-state index contributed by atoms with van der Waals surface area (Å²) in [7, 11) is 3.39. The van der Waals surface area contributed by atoms with E-state index in [1.807, 2.05) is 0 Å². The molecule has 150 valence electrons. The van der Waals surface area contributed by atoms with Gasteiger partial charge in [-0.3, -0.25) is 18.7 Å². The number of rotatable bonds is 10. The van der Waals surface area contributed by atoms with Crippen molar-refractivity contribution in [2.45, 2.75) is 58.1 Å². The third kappa shape index (κ3) is 5.31. The summed E-state index contributed by atoms with van der Waals surface area (Å²) in [5, 5.41) is 0.648. The number of nitrogens with zero attached hydrogens (tertiary/aromatic N) is 4. The number of imidazole rings is 1. The number of aromatic nitrogens is 4. The maximum atomic E-state index is 12.6. The van der Waals surface area contributed by atoms with Crippen LogP contribution in [-0.4, -0.2) is 36.1 Å². The summed E-state index contributed by atoms with van der Waals surface area (Å²) in [5.41, 5.74) is 0.253. The zero-order valence-electron chi connectivity index (χ0n) is 16.1. The van der Waals surface area contributed by atoms with E-state index in [1.54, 1.807) is 25.0 Å². The second-order valence-corrected chi connectivity index (χ2v) is 7.42. The van der Waals surface area contributed by atoms with E-state index in [-0.39, 0.29) is 23.3 Å². The molecule has 0 spiro atoms. The summed E-state index contributed by atoms with van der Waals surface area (Å²) in [6.45, 7) is 1.83. The Morgan fingerprint density at radius 3 is 2.52 bits per heavy atom. The highest BCUT2D eigenvalue weighted by Gasteiger charge is 2.14. The molecule has 27 heavy (non-hydrogen) atoms. The Labute approximate surface area is 166 Å². The summed E-state index contributed by atoms with van der Waals surface area (Å²) in [6.07, 6.45) is 7.03. The van der Waals surface area contributed by atoms with Crippen LogP contribution in [0, 0.1) is 0 Å². The summed E-state index contributed by atoms with van der Waals surface area (Å²) < 4.78 is 9.56. The van der Waals surface area contributed by atoms with Crippen LogP contribution in [0.1, 0.15) is 45.4 Å². The van der Waals surface area contributed by atoms with Gasteiger partial charge in [-0.05, 0) is 19.3 Å². The molecule has 2 aromatic rings. The Hall–Kier alpha value is -1.90. The van der Waals surface area contributed by atoms with E-state index < -0.39 is 0 Å². The molecule has 0 fully saturated rings. The first kappa shape index (κ1) is 21.4. The van der Waals surface area contributed by atoms with Crippen molar-refractivity contribution in [1.82, 2.24) is 18.7 Å². The van der Waals surface area contributed by atoms with Crippen molar-refractivity contribution in [3.05, 3.63) is 27.2 Å². The smallest absolute Gasteiger partial charge is 0.332 e. The quantitative estimate of drug-likeness (QED) is 0.319. The molecular weight excluding hydrogens is 416 g/mol. The molecule has 0 bridgehead atoms. The lowest BCUT2D eigenvalue weighted by atomic mass is 10.1. The van der Waals surface area contributed by atoms with Crippen molar-refractivity contribution in [2.75, 3.05) is 5.33 Å². The molecule has 0 aliphatic carbocycles. The van der Waals surface area contributed by atoms with Gasteiger partial charge in [-0.15, -0.1) is 0 Å². The molecule has 0 aromatic carbocycles. The van der Waals surface area contributed by atoms with Crippen LogP contribution < -0.4 is 11.2 Å². The fourth-order valence-electron chi connectivity index (χ4n) is 3.17. The number of aryl methyl sites for hydroxylation is 2. The van der Waals surface area contributed by atoms with Crippen molar-refractivity contribution in [3.8, 4) is 0 Å². The lowest BCUT2D eigenvalue weighted by Gasteiger charge is -2.13. The Balaban J connectivity index is 1.83. The minimum absolute atomic E-state index is 0.0743. The fourth-order valence-corrected chi connectivity index (χ4v) is 3.62. The molecule has 1 unspecified atom stereocenters. The van der Waals surface area contributed by atoms with Crippen LogP contribution in [0.4, 0.5) is 0 Å². The molecule has 9 heteroatoms. The zero-order chi connectivity index (χ0) is 20.0. The summed E-state index contributed by atoms with van der Waals surface area (Å²) >= 11 is 3.36. The van der Waals surface area contributed by atoms with Crippen molar-refractivity contribution in [2.24, 2.45) is 14.1 Å². The SMILES string of the molecule is CC(=O)OC(CBr)CCCCCCCn1c(=O)c2c(ncn2C)n(C)c1=O. The number of hydrogen-bond acceptors (Lipinski definition) is 5.